The van der Waals surface area contributed by atoms with Crippen molar-refractivity contribution >= 4 is 5.97 Å². The minimum atomic E-state index is -0.993. The molecular weight excluding hydrogens is 370 g/mol. The van der Waals surface area contributed by atoms with E-state index in [-0.39, 0.29) is 11.7 Å². The molecular formula is C25H36F2O2. The quantitative estimate of drug-likeness (QED) is 0.331. The van der Waals surface area contributed by atoms with Crippen LogP contribution in [0.25, 0.3) is 0 Å². The Balaban J connectivity index is 1.32. The molecule has 0 radical (unpaired) electrons. The molecule has 2 saturated carbocycles. The van der Waals surface area contributed by atoms with E-state index in [1.54, 1.807) is 0 Å². The minimum Gasteiger partial charge on any atom is -0.426 e. The summed E-state index contributed by atoms with van der Waals surface area (Å²) in [6.07, 6.45) is 16.0. The molecule has 0 saturated heterocycles. The van der Waals surface area contributed by atoms with E-state index < -0.39 is 11.6 Å². The van der Waals surface area contributed by atoms with Crippen molar-refractivity contribution in [2.45, 2.75) is 90.4 Å². The van der Waals surface area contributed by atoms with E-state index in [0.717, 1.165) is 36.3 Å². The minimum absolute atomic E-state index is 0.0761. The monoisotopic (exact) mass is 406 g/mol. The number of ether oxygens (including phenoxy) is 1. The first-order valence-electron chi connectivity index (χ1n) is 11.7. The van der Waals surface area contributed by atoms with Crippen LogP contribution in [0.1, 0.15) is 90.4 Å². The molecule has 0 unspecified atom stereocenters. The lowest BCUT2D eigenvalue weighted by Crippen LogP contribution is -2.26. The molecule has 1 aromatic carbocycles. The zero-order valence-electron chi connectivity index (χ0n) is 17.8. The molecule has 3 rings (SSSR count). The fourth-order valence-electron chi connectivity index (χ4n) is 5.43. The van der Waals surface area contributed by atoms with Gasteiger partial charge in [0.2, 0.25) is 0 Å². The fourth-order valence-corrected chi connectivity index (χ4v) is 5.43. The number of unbranched alkanes of at least 4 members (excludes halogenated alkanes) is 1. The van der Waals surface area contributed by atoms with E-state index in [2.05, 4.69) is 6.92 Å². The lowest BCUT2D eigenvalue weighted by Gasteiger charge is -2.38. The number of halogens is 2. The van der Waals surface area contributed by atoms with Crippen LogP contribution in [0.3, 0.4) is 0 Å². The number of benzene rings is 1. The highest BCUT2D eigenvalue weighted by atomic mass is 19.2. The molecule has 0 spiro atoms. The predicted molar refractivity (Wildman–Crippen MR) is 112 cm³/mol. The van der Waals surface area contributed by atoms with Gasteiger partial charge in [-0.15, -0.1) is 0 Å². The summed E-state index contributed by atoms with van der Waals surface area (Å²) in [7, 11) is 0. The van der Waals surface area contributed by atoms with Crippen LogP contribution in [-0.4, -0.2) is 5.97 Å². The Hall–Kier alpha value is -1.45. The van der Waals surface area contributed by atoms with Crippen molar-refractivity contribution in [2.75, 3.05) is 0 Å². The third-order valence-electron chi connectivity index (χ3n) is 7.29. The van der Waals surface area contributed by atoms with Gasteiger partial charge < -0.3 is 4.74 Å². The summed E-state index contributed by atoms with van der Waals surface area (Å²) >= 11 is 0. The Bertz CT molecular complexity index is 644. The Morgan fingerprint density at radius 3 is 2.03 bits per heavy atom. The highest BCUT2D eigenvalue weighted by Gasteiger charge is 2.30. The molecule has 0 aromatic heterocycles. The zero-order valence-corrected chi connectivity index (χ0v) is 17.8. The highest BCUT2D eigenvalue weighted by molar-refractivity contribution is 5.72. The molecule has 29 heavy (non-hydrogen) atoms. The summed E-state index contributed by atoms with van der Waals surface area (Å²) in [5, 5.41) is 0. The maximum atomic E-state index is 13.2. The second-order valence-electron chi connectivity index (χ2n) is 9.29. The third kappa shape index (κ3) is 6.79. The normalized spacial score (nSPS) is 27.6. The molecule has 1 aromatic rings. The maximum absolute atomic E-state index is 13.2. The van der Waals surface area contributed by atoms with Crippen LogP contribution < -0.4 is 4.74 Å². The van der Waals surface area contributed by atoms with Crippen molar-refractivity contribution in [1.82, 2.24) is 0 Å². The van der Waals surface area contributed by atoms with Crippen molar-refractivity contribution in [1.29, 1.82) is 0 Å². The summed E-state index contributed by atoms with van der Waals surface area (Å²) < 4.78 is 31.3. The van der Waals surface area contributed by atoms with Crippen LogP contribution >= 0.6 is 0 Å². The van der Waals surface area contributed by atoms with Gasteiger partial charge >= 0.3 is 5.97 Å². The van der Waals surface area contributed by atoms with Crippen molar-refractivity contribution in [3.63, 3.8) is 0 Å². The first kappa shape index (κ1) is 22.2. The number of rotatable bonds is 8. The Morgan fingerprint density at radius 2 is 1.48 bits per heavy atom. The Morgan fingerprint density at radius 1 is 0.897 bits per heavy atom. The Labute approximate surface area is 174 Å². The average Bonchev–Trinajstić information content (AvgIpc) is 2.74. The molecule has 2 nitrogen and oxygen atoms in total. The van der Waals surface area contributed by atoms with E-state index in [1.165, 1.54) is 76.7 Å². The van der Waals surface area contributed by atoms with Gasteiger partial charge in [0.25, 0.3) is 0 Å². The van der Waals surface area contributed by atoms with Gasteiger partial charge in [0.1, 0.15) is 5.75 Å². The van der Waals surface area contributed by atoms with Crippen LogP contribution in [0.5, 0.6) is 5.75 Å². The standard InChI is InChI=1S/C25H36F2O2/c1-2-3-4-18-5-10-20(11-6-18)21-12-7-19(8-13-21)9-16-25(28)29-22-14-15-23(26)24(27)17-22/h14-15,17-21H,2-13,16H2,1H3. The predicted octanol–water partition coefficient (Wildman–Crippen LogP) is 7.45. The van der Waals surface area contributed by atoms with Gasteiger partial charge in [0.05, 0.1) is 0 Å². The summed E-state index contributed by atoms with van der Waals surface area (Å²) in [4.78, 5) is 12.0. The molecule has 0 heterocycles. The van der Waals surface area contributed by atoms with Crippen LogP contribution in [0.15, 0.2) is 18.2 Å². The van der Waals surface area contributed by atoms with Gasteiger partial charge in [-0.3, -0.25) is 4.79 Å². The van der Waals surface area contributed by atoms with Crippen molar-refractivity contribution < 1.29 is 18.3 Å². The maximum Gasteiger partial charge on any atom is 0.311 e. The van der Waals surface area contributed by atoms with Crippen LogP contribution in [0, 0.1) is 35.3 Å². The topological polar surface area (TPSA) is 26.3 Å². The van der Waals surface area contributed by atoms with E-state index in [1.807, 2.05) is 0 Å². The van der Waals surface area contributed by atoms with Crippen LogP contribution in [-0.2, 0) is 4.79 Å². The number of hydrogen-bond donors (Lipinski definition) is 0. The average molecular weight is 407 g/mol. The molecule has 0 bridgehead atoms. The van der Waals surface area contributed by atoms with E-state index >= 15 is 0 Å². The molecule has 0 N–H and O–H groups in total. The molecule has 2 fully saturated rings. The van der Waals surface area contributed by atoms with Gasteiger partial charge in [-0.2, -0.15) is 0 Å². The summed E-state index contributed by atoms with van der Waals surface area (Å²) in [5.41, 5.74) is 0. The molecule has 0 amide bonds. The molecule has 162 valence electrons. The lowest BCUT2D eigenvalue weighted by molar-refractivity contribution is -0.134. The second-order valence-corrected chi connectivity index (χ2v) is 9.29. The van der Waals surface area contributed by atoms with Gasteiger partial charge in [-0.05, 0) is 67.9 Å². The van der Waals surface area contributed by atoms with Crippen LogP contribution in [0.4, 0.5) is 8.78 Å². The van der Waals surface area contributed by atoms with Gasteiger partial charge in [-0.25, -0.2) is 8.78 Å². The van der Waals surface area contributed by atoms with E-state index in [9.17, 15) is 13.6 Å². The molecule has 2 aliphatic rings. The molecule has 0 aliphatic heterocycles. The van der Waals surface area contributed by atoms with Crippen molar-refractivity contribution in [3.05, 3.63) is 29.8 Å². The summed E-state index contributed by atoms with van der Waals surface area (Å²) in [6, 6.07) is 3.20. The molecule has 2 aliphatic carbocycles. The summed E-state index contributed by atoms with van der Waals surface area (Å²) in [5.74, 6) is 1.16. The molecule has 0 atom stereocenters. The third-order valence-corrected chi connectivity index (χ3v) is 7.29. The number of carbonyl (C=O) groups is 1. The number of esters is 1. The van der Waals surface area contributed by atoms with Crippen molar-refractivity contribution in [2.24, 2.45) is 23.7 Å². The Kier molecular flexibility index (Phi) is 8.50. The smallest absolute Gasteiger partial charge is 0.311 e. The number of carbonyl (C=O) groups excluding carboxylic acids is 1. The lowest BCUT2D eigenvalue weighted by atomic mass is 9.68. The van der Waals surface area contributed by atoms with Crippen LogP contribution in [0.2, 0.25) is 0 Å². The highest BCUT2D eigenvalue weighted by Crippen LogP contribution is 2.43. The SMILES string of the molecule is CCCCC1CCC(C2CCC(CCC(=O)Oc3ccc(F)c(F)c3)CC2)CC1. The van der Waals surface area contributed by atoms with Gasteiger partial charge in [0.15, 0.2) is 11.6 Å². The number of hydrogen-bond acceptors (Lipinski definition) is 2. The zero-order chi connectivity index (χ0) is 20.6. The summed E-state index contributed by atoms with van der Waals surface area (Å²) in [6.45, 7) is 2.28. The van der Waals surface area contributed by atoms with Gasteiger partial charge in [0, 0.05) is 12.5 Å². The van der Waals surface area contributed by atoms with Crippen molar-refractivity contribution in [3.8, 4) is 5.75 Å². The van der Waals surface area contributed by atoms with E-state index in [0.29, 0.717) is 12.3 Å². The molecule has 4 heteroatoms. The second kappa shape index (κ2) is 11.1. The fraction of sp³-hybridized carbons (Fsp3) is 0.720. The van der Waals surface area contributed by atoms with E-state index in [4.69, 9.17) is 4.74 Å². The largest absolute Gasteiger partial charge is 0.426 e. The van der Waals surface area contributed by atoms with Gasteiger partial charge in [-0.1, -0.05) is 51.9 Å². The first-order chi connectivity index (χ1) is 14.0. The first-order valence-corrected chi connectivity index (χ1v) is 11.7.